The maximum Gasteiger partial charge on any atom is 0.173 e. The summed E-state index contributed by atoms with van der Waals surface area (Å²) in [5.74, 6) is 0. The number of thiocarbonyl (C=S) groups is 1. The van der Waals surface area contributed by atoms with E-state index in [0.717, 1.165) is 41.3 Å². The molecule has 4 nitrogen and oxygen atoms in total. The molecule has 2 N–H and O–H groups in total. The van der Waals surface area contributed by atoms with Crippen molar-refractivity contribution in [1.82, 2.24) is 15.2 Å². The van der Waals surface area contributed by atoms with Crippen LogP contribution in [0, 0.1) is 6.92 Å². The van der Waals surface area contributed by atoms with Gasteiger partial charge < -0.3 is 15.5 Å². The first-order valence-electron chi connectivity index (χ1n) is 10.1. The van der Waals surface area contributed by atoms with E-state index < -0.39 is 0 Å². The van der Waals surface area contributed by atoms with Crippen LogP contribution >= 0.6 is 23.8 Å². The van der Waals surface area contributed by atoms with Gasteiger partial charge in [0.15, 0.2) is 5.11 Å². The summed E-state index contributed by atoms with van der Waals surface area (Å²) in [7, 11) is 0. The summed E-state index contributed by atoms with van der Waals surface area (Å²) in [5.41, 5.74) is 3.27. The van der Waals surface area contributed by atoms with E-state index in [1.165, 1.54) is 0 Å². The van der Waals surface area contributed by atoms with E-state index in [1.807, 2.05) is 30.5 Å². The lowest BCUT2D eigenvalue weighted by atomic mass is 9.79. The van der Waals surface area contributed by atoms with Crippen molar-refractivity contribution < 1.29 is 0 Å². The Labute approximate surface area is 185 Å². The Morgan fingerprint density at radius 1 is 1.24 bits per heavy atom. The number of benzene rings is 1. The van der Waals surface area contributed by atoms with Crippen LogP contribution in [0.1, 0.15) is 51.7 Å². The fourth-order valence-electron chi connectivity index (χ4n) is 4.46. The molecule has 2 heterocycles. The van der Waals surface area contributed by atoms with Crippen molar-refractivity contribution in [1.29, 1.82) is 0 Å². The number of piperidine rings is 1. The molecule has 29 heavy (non-hydrogen) atoms. The second-order valence-electron chi connectivity index (χ2n) is 9.33. The molecule has 0 radical (unpaired) electrons. The molecule has 0 spiro atoms. The number of halogens is 1. The average Bonchev–Trinajstić information content (AvgIpc) is 2.61. The second-order valence-corrected chi connectivity index (χ2v) is 10.2. The van der Waals surface area contributed by atoms with Crippen LogP contribution in [0.15, 0.2) is 42.7 Å². The SMILES string of the molecule is Cc1ccc(Cl)cc1NC(=S)N(Cc1cccnc1)C1CC(C)(C)NC(C)(C)C1. The summed E-state index contributed by atoms with van der Waals surface area (Å²) in [6.07, 6.45) is 5.73. The van der Waals surface area contributed by atoms with Gasteiger partial charge in [-0.1, -0.05) is 23.7 Å². The lowest BCUT2D eigenvalue weighted by Crippen LogP contribution is -2.63. The number of rotatable bonds is 4. The van der Waals surface area contributed by atoms with Gasteiger partial charge in [0.05, 0.1) is 0 Å². The van der Waals surface area contributed by atoms with Gasteiger partial charge in [0, 0.05) is 46.8 Å². The number of pyridine rings is 1. The molecule has 1 fully saturated rings. The summed E-state index contributed by atoms with van der Waals surface area (Å²) in [5, 5.41) is 8.64. The van der Waals surface area contributed by atoms with Crippen molar-refractivity contribution in [3.63, 3.8) is 0 Å². The van der Waals surface area contributed by atoms with Crippen LogP contribution in [0.25, 0.3) is 0 Å². The molecular weight excluding hydrogens is 400 g/mol. The van der Waals surface area contributed by atoms with Gasteiger partial charge in [-0.2, -0.15) is 0 Å². The number of aromatic nitrogens is 1. The van der Waals surface area contributed by atoms with Gasteiger partial charge in [0.2, 0.25) is 0 Å². The minimum atomic E-state index is 0.0290. The highest BCUT2D eigenvalue weighted by molar-refractivity contribution is 7.80. The average molecular weight is 431 g/mol. The third-order valence-corrected chi connectivity index (χ3v) is 5.96. The van der Waals surface area contributed by atoms with Gasteiger partial charge in [-0.3, -0.25) is 4.98 Å². The molecule has 0 unspecified atom stereocenters. The second kappa shape index (κ2) is 8.58. The Bertz CT molecular complexity index is 850. The molecule has 1 aliphatic heterocycles. The monoisotopic (exact) mass is 430 g/mol. The van der Waals surface area contributed by atoms with E-state index >= 15 is 0 Å². The standard InChI is InChI=1S/C23H31ClN4S/c1-16-8-9-18(24)11-20(16)26-21(29)28(15-17-7-6-10-25-14-17)19-12-22(2,3)27-23(4,5)13-19/h6-11,14,19,27H,12-13,15H2,1-5H3,(H,26,29). The van der Waals surface area contributed by atoms with Gasteiger partial charge >= 0.3 is 0 Å². The molecule has 2 aromatic rings. The van der Waals surface area contributed by atoms with Crippen LogP contribution in [0.3, 0.4) is 0 Å². The molecule has 0 aliphatic carbocycles. The summed E-state index contributed by atoms with van der Waals surface area (Å²) < 4.78 is 0. The number of nitrogens with zero attached hydrogens (tertiary/aromatic N) is 2. The molecule has 156 valence electrons. The van der Waals surface area contributed by atoms with E-state index in [9.17, 15) is 0 Å². The predicted octanol–water partition coefficient (Wildman–Crippen LogP) is 5.55. The zero-order valence-electron chi connectivity index (χ0n) is 17.9. The third-order valence-electron chi connectivity index (χ3n) is 5.39. The van der Waals surface area contributed by atoms with Gasteiger partial charge in [-0.25, -0.2) is 0 Å². The number of anilines is 1. The van der Waals surface area contributed by atoms with Crippen molar-refractivity contribution in [2.24, 2.45) is 0 Å². The Kier molecular flexibility index (Phi) is 6.51. The molecule has 1 saturated heterocycles. The summed E-state index contributed by atoms with van der Waals surface area (Å²) in [4.78, 5) is 6.61. The zero-order chi connectivity index (χ0) is 21.2. The number of aryl methyl sites for hydroxylation is 1. The predicted molar refractivity (Wildman–Crippen MR) is 127 cm³/mol. The van der Waals surface area contributed by atoms with E-state index in [4.69, 9.17) is 23.8 Å². The quantitative estimate of drug-likeness (QED) is 0.622. The normalized spacial score (nSPS) is 18.3. The number of hydrogen-bond acceptors (Lipinski definition) is 3. The van der Waals surface area contributed by atoms with Crippen LogP contribution < -0.4 is 10.6 Å². The fraction of sp³-hybridized carbons (Fsp3) is 0.478. The van der Waals surface area contributed by atoms with Crippen LogP contribution in [0.5, 0.6) is 0 Å². The molecule has 1 aromatic carbocycles. The van der Waals surface area contributed by atoms with E-state index in [-0.39, 0.29) is 11.1 Å². The number of hydrogen-bond donors (Lipinski definition) is 2. The van der Waals surface area contributed by atoms with Gasteiger partial charge in [-0.05, 0) is 89.0 Å². The molecule has 1 aromatic heterocycles. The summed E-state index contributed by atoms with van der Waals surface area (Å²) >= 11 is 12.1. The molecule has 0 saturated carbocycles. The minimum Gasteiger partial charge on any atom is -0.342 e. The Hall–Kier alpha value is -1.69. The van der Waals surface area contributed by atoms with E-state index in [1.54, 1.807) is 6.20 Å². The molecule has 0 bridgehead atoms. The van der Waals surface area contributed by atoms with E-state index in [2.05, 4.69) is 61.2 Å². The lowest BCUT2D eigenvalue weighted by Gasteiger charge is -2.50. The first-order chi connectivity index (χ1) is 13.5. The smallest absolute Gasteiger partial charge is 0.173 e. The molecule has 0 amide bonds. The molecule has 0 atom stereocenters. The fourth-order valence-corrected chi connectivity index (χ4v) is 4.96. The van der Waals surface area contributed by atoms with Crippen molar-refractivity contribution in [3.05, 3.63) is 58.9 Å². The maximum atomic E-state index is 6.22. The first-order valence-corrected chi connectivity index (χ1v) is 10.9. The van der Waals surface area contributed by atoms with Gasteiger partial charge in [0.1, 0.15) is 0 Å². The largest absolute Gasteiger partial charge is 0.342 e. The zero-order valence-corrected chi connectivity index (χ0v) is 19.5. The Morgan fingerprint density at radius 2 is 1.93 bits per heavy atom. The summed E-state index contributed by atoms with van der Waals surface area (Å²) in [6, 6.07) is 10.2. The highest BCUT2D eigenvalue weighted by Crippen LogP contribution is 2.33. The van der Waals surface area contributed by atoms with Crippen LogP contribution in [-0.4, -0.2) is 32.1 Å². The molecule has 3 rings (SSSR count). The van der Waals surface area contributed by atoms with Crippen LogP contribution in [0.2, 0.25) is 5.02 Å². The Balaban J connectivity index is 1.90. The van der Waals surface area contributed by atoms with E-state index in [0.29, 0.717) is 11.1 Å². The minimum absolute atomic E-state index is 0.0290. The van der Waals surface area contributed by atoms with Gasteiger partial charge in [0.25, 0.3) is 0 Å². The topological polar surface area (TPSA) is 40.2 Å². The van der Waals surface area contributed by atoms with Crippen LogP contribution in [-0.2, 0) is 6.54 Å². The van der Waals surface area contributed by atoms with Crippen LogP contribution in [0.4, 0.5) is 5.69 Å². The summed E-state index contributed by atoms with van der Waals surface area (Å²) in [6.45, 7) is 11.8. The van der Waals surface area contributed by atoms with Gasteiger partial charge in [-0.15, -0.1) is 0 Å². The molecule has 1 aliphatic rings. The lowest BCUT2D eigenvalue weighted by molar-refractivity contribution is 0.101. The third kappa shape index (κ3) is 5.91. The first kappa shape index (κ1) is 22.0. The maximum absolute atomic E-state index is 6.22. The number of nitrogens with one attached hydrogen (secondary N) is 2. The van der Waals surface area contributed by atoms with Crippen molar-refractivity contribution in [3.8, 4) is 0 Å². The highest BCUT2D eigenvalue weighted by Gasteiger charge is 2.40. The molecule has 6 heteroatoms. The highest BCUT2D eigenvalue weighted by atomic mass is 35.5. The molecular formula is C23H31ClN4S. The van der Waals surface area contributed by atoms with Crippen molar-refractivity contribution >= 4 is 34.6 Å². The van der Waals surface area contributed by atoms with Crippen molar-refractivity contribution in [2.45, 2.75) is 71.1 Å². The Morgan fingerprint density at radius 3 is 2.55 bits per heavy atom. The van der Waals surface area contributed by atoms with Crippen molar-refractivity contribution in [2.75, 3.05) is 5.32 Å².